The summed E-state index contributed by atoms with van der Waals surface area (Å²) in [6.07, 6.45) is 1.58. The normalized spacial score (nSPS) is 12.3. The first-order valence-electron chi connectivity index (χ1n) is 16.8. The average molecular weight is 769 g/mol. The molecule has 0 bridgehead atoms. The third kappa shape index (κ3) is 10.0. The highest BCUT2D eigenvalue weighted by molar-refractivity contribution is 7.92. The molecule has 0 aliphatic heterocycles. The SMILES string of the molecule is Cc1cc(=O)n(-c2ccc(C[C@H](NC(=O)c3cc(F)c(NS(=O)(=O)c4ccc(NC(=O)C(C)(C)C)cc4)cc3F)C(=O)OCCC(C)C)cn2)c(=O)n1C. The maximum Gasteiger partial charge on any atom is 0.336 e. The average Bonchev–Trinajstić information content (AvgIpc) is 3.08. The molecular weight excluding hydrogens is 727 g/mol. The number of amides is 2. The topological polar surface area (TPSA) is 188 Å². The van der Waals surface area contributed by atoms with Crippen molar-refractivity contribution in [2.24, 2.45) is 18.4 Å². The summed E-state index contributed by atoms with van der Waals surface area (Å²) in [5.74, 6) is -4.74. The molecule has 17 heteroatoms. The van der Waals surface area contributed by atoms with Gasteiger partial charge in [0.15, 0.2) is 0 Å². The van der Waals surface area contributed by atoms with Crippen LogP contribution in [-0.2, 0) is 37.8 Å². The van der Waals surface area contributed by atoms with Crippen LogP contribution in [0.4, 0.5) is 20.2 Å². The molecule has 288 valence electrons. The molecule has 4 rings (SSSR count). The summed E-state index contributed by atoms with van der Waals surface area (Å²) in [4.78, 5) is 67.8. The van der Waals surface area contributed by atoms with Crippen molar-refractivity contribution >= 4 is 39.2 Å². The van der Waals surface area contributed by atoms with Gasteiger partial charge in [0, 0.05) is 48.6 Å². The number of nitrogens with one attached hydrogen (secondary N) is 3. The van der Waals surface area contributed by atoms with E-state index < -0.39 is 67.5 Å². The van der Waals surface area contributed by atoms with E-state index in [0.29, 0.717) is 35.5 Å². The molecule has 2 aromatic carbocycles. The first-order chi connectivity index (χ1) is 25.2. The largest absolute Gasteiger partial charge is 0.464 e. The quantitative estimate of drug-likeness (QED) is 0.167. The predicted octanol–water partition coefficient (Wildman–Crippen LogP) is 4.23. The van der Waals surface area contributed by atoms with Gasteiger partial charge in [-0.05, 0) is 61.2 Å². The number of pyridine rings is 1. The number of esters is 1. The lowest BCUT2D eigenvalue weighted by Crippen LogP contribution is -2.44. The Balaban J connectivity index is 1.54. The van der Waals surface area contributed by atoms with Crippen molar-refractivity contribution in [3.8, 4) is 5.82 Å². The molecule has 54 heavy (non-hydrogen) atoms. The Morgan fingerprint density at radius 2 is 1.63 bits per heavy atom. The minimum atomic E-state index is -4.44. The molecule has 2 heterocycles. The molecule has 1 atom stereocenters. The van der Waals surface area contributed by atoms with E-state index in [-0.39, 0.29) is 35.6 Å². The number of sulfonamides is 1. The van der Waals surface area contributed by atoms with Crippen LogP contribution in [0.15, 0.2) is 75.3 Å². The third-order valence-electron chi connectivity index (χ3n) is 8.22. The Kier molecular flexibility index (Phi) is 12.6. The van der Waals surface area contributed by atoms with E-state index in [1.165, 1.54) is 60.3 Å². The van der Waals surface area contributed by atoms with Crippen molar-refractivity contribution in [3.05, 3.63) is 110 Å². The summed E-state index contributed by atoms with van der Waals surface area (Å²) >= 11 is 0. The molecule has 2 aromatic heterocycles. The first-order valence-corrected chi connectivity index (χ1v) is 18.3. The van der Waals surface area contributed by atoms with Gasteiger partial charge >= 0.3 is 11.7 Å². The highest BCUT2D eigenvalue weighted by Gasteiger charge is 2.27. The van der Waals surface area contributed by atoms with Gasteiger partial charge in [-0.15, -0.1) is 0 Å². The van der Waals surface area contributed by atoms with Gasteiger partial charge in [-0.1, -0.05) is 40.7 Å². The second-order valence-corrected chi connectivity index (χ2v) is 15.7. The van der Waals surface area contributed by atoms with Crippen molar-refractivity contribution in [2.75, 3.05) is 16.6 Å². The summed E-state index contributed by atoms with van der Waals surface area (Å²) in [5, 5.41) is 5.01. The number of ether oxygens (including phenoxy) is 1. The highest BCUT2D eigenvalue weighted by atomic mass is 32.2. The van der Waals surface area contributed by atoms with Crippen molar-refractivity contribution < 1.29 is 36.3 Å². The van der Waals surface area contributed by atoms with E-state index in [0.717, 1.165) is 4.57 Å². The molecule has 3 N–H and O–H groups in total. The number of hydrogen-bond acceptors (Lipinski definition) is 9. The number of rotatable bonds is 13. The molecule has 2 amide bonds. The monoisotopic (exact) mass is 768 g/mol. The molecule has 0 aliphatic rings. The van der Waals surface area contributed by atoms with Crippen LogP contribution in [0.25, 0.3) is 5.82 Å². The molecule has 0 aliphatic carbocycles. The summed E-state index contributed by atoms with van der Waals surface area (Å²) in [6.45, 7) is 10.6. The number of nitrogens with zero attached hydrogens (tertiary/aromatic N) is 3. The first kappa shape index (κ1) is 41.1. The lowest BCUT2D eigenvalue weighted by molar-refractivity contribution is -0.146. The predicted molar refractivity (Wildman–Crippen MR) is 197 cm³/mol. The molecular formula is C37H42F2N6O8S. The van der Waals surface area contributed by atoms with Crippen LogP contribution in [0.5, 0.6) is 0 Å². The molecule has 14 nitrogen and oxygen atoms in total. The van der Waals surface area contributed by atoms with Gasteiger partial charge in [0.2, 0.25) is 5.91 Å². The number of carbonyl (C=O) groups excluding carboxylic acids is 3. The summed E-state index contributed by atoms with van der Waals surface area (Å²) in [6, 6.07) is 8.72. The van der Waals surface area contributed by atoms with E-state index in [2.05, 4.69) is 15.6 Å². The number of carbonyl (C=O) groups is 3. The number of hydrogen-bond donors (Lipinski definition) is 3. The van der Waals surface area contributed by atoms with E-state index in [1.54, 1.807) is 27.7 Å². The number of aryl methyl sites for hydroxylation is 1. The fourth-order valence-corrected chi connectivity index (χ4v) is 5.87. The summed E-state index contributed by atoms with van der Waals surface area (Å²) < 4.78 is 66.1. The minimum absolute atomic E-state index is 0.0133. The maximum absolute atomic E-state index is 15.3. The van der Waals surface area contributed by atoms with Gasteiger partial charge in [-0.3, -0.25) is 19.1 Å². The fraction of sp³-hybridized carbons (Fsp3) is 0.351. The Morgan fingerprint density at radius 1 is 0.963 bits per heavy atom. The van der Waals surface area contributed by atoms with Gasteiger partial charge in [-0.25, -0.2) is 36.3 Å². The van der Waals surface area contributed by atoms with Crippen molar-refractivity contribution in [3.63, 3.8) is 0 Å². The smallest absolute Gasteiger partial charge is 0.336 e. The number of anilines is 2. The van der Waals surface area contributed by atoms with Crippen LogP contribution >= 0.6 is 0 Å². The van der Waals surface area contributed by atoms with Crippen LogP contribution < -0.4 is 26.6 Å². The zero-order chi connectivity index (χ0) is 40.1. The molecule has 0 unspecified atom stereocenters. The highest BCUT2D eigenvalue weighted by Crippen LogP contribution is 2.25. The van der Waals surface area contributed by atoms with Gasteiger partial charge in [0.05, 0.1) is 22.8 Å². The fourth-order valence-electron chi connectivity index (χ4n) is 4.82. The Hall–Kier alpha value is -5.71. The number of aromatic nitrogens is 3. The lowest BCUT2D eigenvalue weighted by atomic mass is 9.95. The zero-order valence-electron chi connectivity index (χ0n) is 30.8. The number of benzene rings is 2. The van der Waals surface area contributed by atoms with Crippen LogP contribution in [0.3, 0.4) is 0 Å². The van der Waals surface area contributed by atoms with Crippen LogP contribution in [0.1, 0.15) is 62.7 Å². The van der Waals surface area contributed by atoms with E-state index in [1.807, 2.05) is 18.6 Å². The third-order valence-corrected chi connectivity index (χ3v) is 9.60. The number of halogens is 2. The maximum atomic E-state index is 15.3. The molecule has 0 spiro atoms. The zero-order valence-corrected chi connectivity index (χ0v) is 31.6. The van der Waals surface area contributed by atoms with E-state index in [4.69, 9.17) is 4.74 Å². The Labute approximate surface area is 310 Å². The molecule has 0 saturated heterocycles. The molecule has 0 radical (unpaired) electrons. The van der Waals surface area contributed by atoms with Gasteiger partial charge in [0.25, 0.3) is 21.5 Å². The van der Waals surface area contributed by atoms with E-state index in [9.17, 15) is 32.4 Å². The van der Waals surface area contributed by atoms with E-state index >= 15 is 8.78 Å². The van der Waals surface area contributed by atoms with Gasteiger partial charge in [0.1, 0.15) is 23.5 Å². The van der Waals surface area contributed by atoms with Crippen molar-refractivity contribution in [1.82, 2.24) is 19.4 Å². The molecule has 0 fully saturated rings. The van der Waals surface area contributed by atoms with Crippen molar-refractivity contribution in [2.45, 2.75) is 65.3 Å². The summed E-state index contributed by atoms with van der Waals surface area (Å²) in [5.41, 5.74) is -2.39. The van der Waals surface area contributed by atoms with Crippen LogP contribution in [0, 0.1) is 29.9 Å². The Morgan fingerprint density at radius 3 is 2.22 bits per heavy atom. The van der Waals surface area contributed by atoms with Crippen molar-refractivity contribution in [1.29, 1.82) is 0 Å². The second kappa shape index (κ2) is 16.5. The van der Waals surface area contributed by atoms with Gasteiger partial charge < -0.3 is 19.9 Å². The van der Waals surface area contributed by atoms with Gasteiger partial charge in [-0.2, -0.15) is 0 Å². The molecule has 0 saturated carbocycles. The van der Waals surface area contributed by atoms with Crippen LogP contribution in [0.2, 0.25) is 0 Å². The summed E-state index contributed by atoms with van der Waals surface area (Å²) in [7, 11) is -2.94. The molecule has 4 aromatic rings. The van der Waals surface area contributed by atoms with Crippen LogP contribution in [-0.4, -0.2) is 53.0 Å². The minimum Gasteiger partial charge on any atom is -0.464 e. The Bertz CT molecular complexity index is 2280. The lowest BCUT2D eigenvalue weighted by Gasteiger charge is -2.19. The standard InChI is InChI=1S/C37H42F2N6O8S/c1-21(2)14-15-53-34(48)30(17-23-8-13-31(40-20-23)45-32(46)16-22(3)44(7)36(45)50)42-33(47)26-18-28(39)29(19-27(26)38)43-54(51,52)25-11-9-24(10-12-25)41-35(49)37(4,5)6/h8-13,16,18-21,30,43H,14-15,17H2,1-7H3,(H,41,49)(H,42,47)/t30-/m0/s1. The second-order valence-electron chi connectivity index (χ2n) is 14.1.